The van der Waals surface area contributed by atoms with Crippen LogP contribution in [0.2, 0.25) is 0 Å². The topological polar surface area (TPSA) is 99.8 Å². The molecule has 3 aromatic rings. The van der Waals surface area contributed by atoms with Crippen molar-refractivity contribution in [2.45, 2.75) is 13.3 Å². The van der Waals surface area contributed by atoms with E-state index in [1.165, 1.54) is 13.1 Å². The van der Waals surface area contributed by atoms with Crippen molar-refractivity contribution < 1.29 is 9.59 Å². The van der Waals surface area contributed by atoms with E-state index < -0.39 is 0 Å². The molecule has 0 unspecified atom stereocenters. The van der Waals surface area contributed by atoms with E-state index in [2.05, 4.69) is 25.6 Å². The molecule has 0 spiro atoms. The van der Waals surface area contributed by atoms with Gasteiger partial charge in [-0.15, -0.1) is 11.3 Å². The van der Waals surface area contributed by atoms with Gasteiger partial charge < -0.3 is 15.6 Å². The van der Waals surface area contributed by atoms with Crippen molar-refractivity contribution in [2.75, 3.05) is 11.9 Å². The standard InChI is InChI=1S/C17H17N5O2S/c1-11(23)22-15-9-12(4-6-18-15)17(24)19-7-5-13-16(21-10-20-13)14-3-2-8-25-14/h2-4,6,8-10H,5,7H2,1H3,(H,19,24)(H,20,21)(H,18,22,23). The number of hydrogen-bond acceptors (Lipinski definition) is 5. The molecule has 3 aromatic heterocycles. The summed E-state index contributed by atoms with van der Waals surface area (Å²) in [6.07, 6.45) is 3.79. The molecule has 0 bridgehead atoms. The Morgan fingerprint density at radius 1 is 1.28 bits per heavy atom. The van der Waals surface area contributed by atoms with E-state index in [-0.39, 0.29) is 11.8 Å². The zero-order valence-corrected chi connectivity index (χ0v) is 14.4. The summed E-state index contributed by atoms with van der Waals surface area (Å²) in [5.74, 6) is -0.0923. The molecule has 2 amide bonds. The van der Waals surface area contributed by atoms with Gasteiger partial charge in [0.05, 0.1) is 11.2 Å². The molecule has 8 heteroatoms. The number of aromatic amines is 1. The molecule has 0 radical (unpaired) electrons. The normalized spacial score (nSPS) is 10.4. The van der Waals surface area contributed by atoms with Crippen molar-refractivity contribution in [3.8, 4) is 10.6 Å². The fraction of sp³-hybridized carbons (Fsp3) is 0.176. The SMILES string of the molecule is CC(=O)Nc1cc(C(=O)NCCc2[nH]cnc2-c2cccs2)ccn1. The Kier molecular flexibility index (Phi) is 5.20. The van der Waals surface area contributed by atoms with Crippen LogP contribution in [0.1, 0.15) is 23.0 Å². The van der Waals surface area contributed by atoms with E-state index in [1.54, 1.807) is 29.8 Å². The number of hydrogen-bond donors (Lipinski definition) is 3. The molecular formula is C17H17N5O2S. The summed E-state index contributed by atoms with van der Waals surface area (Å²) >= 11 is 1.63. The van der Waals surface area contributed by atoms with Crippen LogP contribution in [-0.4, -0.2) is 33.3 Å². The van der Waals surface area contributed by atoms with Crippen LogP contribution in [-0.2, 0) is 11.2 Å². The lowest BCUT2D eigenvalue weighted by Crippen LogP contribution is -2.26. The Balaban J connectivity index is 1.59. The molecule has 0 saturated heterocycles. The maximum absolute atomic E-state index is 12.2. The second-order valence-electron chi connectivity index (χ2n) is 5.32. The first kappa shape index (κ1) is 16.8. The van der Waals surface area contributed by atoms with Crippen LogP contribution >= 0.6 is 11.3 Å². The predicted octanol–water partition coefficient (Wildman–Crippen LogP) is 2.46. The zero-order chi connectivity index (χ0) is 17.6. The largest absolute Gasteiger partial charge is 0.352 e. The number of anilines is 1. The molecular weight excluding hydrogens is 338 g/mol. The van der Waals surface area contributed by atoms with Crippen LogP contribution in [0.25, 0.3) is 10.6 Å². The van der Waals surface area contributed by atoms with Gasteiger partial charge in [-0.05, 0) is 23.6 Å². The minimum absolute atomic E-state index is 0.216. The van der Waals surface area contributed by atoms with E-state index in [4.69, 9.17) is 0 Å². The van der Waals surface area contributed by atoms with Gasteiger partial charge >= 0.3 is 0 Å². The maximum Gasteiger partial charge on any atom is 0.251 e. The summed E-state index contributed by atoms with van der Waals surface area (Å²) in [5.41, 5.74) is 2.35. The van der Waals surface area contributed by atoms with Crippen LogP contribution in [0.15, 0.2) is 42.2 Å². The van der Waals surface area contributed by atoms with Gasteiger partial charge in [-0.25, -0.2) is 9.97 Å². The van der Waals surface area contributed by atoms with Gasteiger partial charge in [0.1, 0.15) is 11.5 Å². The van der Waals surface area contributed by atoms with Gasteiger partial charge in [0.2, 0.25) is 5.91 Å². The summed E-state index contributed by atoms with van der Waals surface area (Å²) in [5, 5.41) is 7.43. The summed E-state index contributed by atoms with van der Waals surface area (Å²) in [6, 6.07) is 7.15. The van der Waals surface area contributed by atoms with Crippen molar-refractivity contribution in [3.05, 3.63) is 53.4 Å². The molecule has 3 rings (SSSR count). The molecule has 0 aliphatic heterocycles. The second kappa shape index (κ2) is 7.71. The van der Waals surface area contributed by atoms with Crippen LogP contribution in [0.3, 0.4) is 0 Å². The highest BCUT2D eigenvalue weighted by Crippen LogP contribution is 2.25. The van der Waals surface area contributed by atoms with Crippen LogP contribution in [0.5, 0.6) is 0 Å². The lowest BCUT2D eigenvalue weighted by Gasteiger charge is -2.07. The predicted molar refractivity (Wildman–Crippen MR) is 96.5 cm³/mol. The average molecular weight is 355 g/mol. The van der Waals surface area contributed by atoms with Crippen LogP contribution in [0.4, 0.5) is 5.82 Å². The van der Waals surface area contributed by atoms with Crippen molar-refractivity contribution in [3.63, 3.8) is 0 Å². The highest BCUT2D eigenvalue weighted by molar-refractivity contribution is 7.13. The van der Waals surface area contributed by atoms with E-state index >= 15 is 0 Å². The third-order valence-corrected chi connectivity index (χ3v) is 4.34. The van der Waals surface area contributed by atoms with Crippen molar-refractivity contribution in [2.24, 2.45) is 0 Å². The monoisotopic (exact) mass is 355 g/mol. The number of carbonyl (C=O) groups is 2. The highest BCUT2D eigenvalue weighted by atomic mass is 32.1. The minimum Gasteiger partial charge on any atom is -0.352 e. The summed E-state index contributed by atoms with van der Waals surface area (Å²) < 4.78 is 0. The van der Waals surface area contributed by atoms with Gasteiger partial charge in [-0.1, -0.05) is 6.07 Å². The van der Waals surface area contributed by atoms with Crippen LogP contribution < -0.4 is 10.6 Å². The fourth-order valence-corrected chi connectivity index (χ4v) is 3.11. The highest BCUT2D eigenvalue weighted by Gasteiger charge is 2.11. The molecule has 3 heterocycles. The third kappa shape index (κ3) is 4.30. The summed E-state index contributed by atoms with van der Waals surface area (Å²) in [6.45, 7) is 1.86. The Bertz CT molecular complexity index is 873. The molecule has 7 nitrogen and oxygen atoms in total. The van der Waals surface area contributed by atoms with Gasteiger partial charge in [0.15, 0.2) is 0 Å². The summed E-state index contributed by atoms with van der Waals surface area (Å²) in [4.78, 5) is 35.9. The molecule has 128 valence electrons. The Morgan fingerprint density at radius 3 is 2.92 bits per heavy atom. The fourth-order valence-electron chi connectivity index (χ4n) is 2.36. The quantitative estimate of drug-likeness (QED) is 0.632. The van der Waals surface area contributed by atoms with E-state index in [0.29, 0.717) is 24.3 Å². The lowest BCUT2D eigenvalue weighted by atomic mass is 10.2. The minimum atomic E-state index is -0.231. The first-order chi connectivity index (χ1) is 12.1. The number of amides is 2. The number of carbonyl (C=O) groups excluding carboxylic acids is 2. The van der Waals surface area contributed by atoms with E-state index in [0.717, 1.165) is 16.3 Å². The molecule has 0 atom stereocenters. The van der Waals surface area contributed by atoms with Crippen molar-refractivity contribution in [1.29, 1.82) is 0 Å². The number of H-pyrrole nitrogens is 1. The zero-order valence-electron chi connectivity index (χ0n) is 13.6. The lowest BCUT2D eigenvalue weighted by molar-refractivity contribution is -0.114. The van der Waals surface area contributed by atoms with Gasteiger partial charge in [-0.3, -0.25) is 9.59 Å². The Labute approximate surface area is 148 Å². The smallest absolute Gasteiger partial charge is 0.251 e. The van der Waals surface area contributed by atoms with Crippen LogP contribution in [0, 0.1) is 0 Å². The van der Waals surface area contributed by atoms with Crippen molar-refractivity contribution >= 4 is 29.0 Å². The van der Waals surface area contributed by atoms with Gasteiger partial charge in [-0.2, -0.15) is 0 Å². The Hall–Kier alpha value is -3.00. The number of nitrogens with zero attached hydrogens (tertiary/aromatic N) is 2. The first-order valence-electron chi connectivity index (χ1n) is 7.71. The number of rotatable bonds is 6. The van der Waals surface area contributed by atoms with Crippen molar-refractivity contribution in [1.82, 2.24) is 20.3 Å². The van der Waals surface area contributed by atoms with E-state index in [1.807, 2.05) is 17.5 Å². The summed E-state index contributed by atoms with van der Waals surface area (Å²) in [7, 11) is 0. The van der Waals surface area contributed by atoms with E-state index in [9.17, 15) is 9.59 Å². The maximum atomic E-state index is 12.2. The molecule has 3 N–H and O–H groups in total. The van der Waals surface area contributed by atoms with Gasteiger partial charge in [0.25, 0.3) is 5.91 Å². The Morgan fingerprint density at radius 2 is 2.16 bits per heavy atom. The van der Waals surface area contributed by atoms with Gasteiger partial charge in [0, 0.05) is 37.3 Å². The number of nitrogens with one attached hydrogen (secondary N) is 3. The molecule has 25 heavy (non-hydrogen) atoms. The molecule has 0 fully saturated rings. The number of thiophene rings is 1. The molecule has 0 aliphatic carbocycles. The average Bonchev–Trinajstić information content (AvgIpc) is 3.25. The third-order valence-electron chi connectivity index (χ3n) is 3.46. The molecule has 0 aliphatic rings. The molecule has 0 aromatic carbocycles. The molecule has 0 saturated carbocycles. The first-order valence-corrected chi connectivity index (χ1v) is 8.59. The number of aromatic nitrogens is 3. The number of pyridine rings is 1. The number of imidazole rings is 1. The second-order valence-corrected chi connectivity index (χ2v) is 6.27.